The van der Waals surface area contributed by atoms with Crippen molar-refractivity contribution in [2.24, 2.45) is 0 Å². The van der Waals surface area contributed by atoms with Crippen molar-refractivity contribution in [3.63, 3.8) is 0 Å². The van der Waals surface area contributed by atoms with Gasteiger partial charge in [0.25, 0.3) is 0 Å². The summed E-state index contributed by atoms with van der Waals surface area (Å²) in [7, 11) is 0. The van der Waals surface area contributed by atoms with E-state index in [1.54, 1.807) is 17.1 Å². The van der Waals surface area contributed by atoms with E-state index in [4.69, 9.17) is 9.47 Å². The van der Waals surface area contributed by atoms with E-state index in [-0.39, 0.29) is 18.7 Å². The van der Waals surface area contributed by atoms with Gasteiger partial charge in [-0.25, -0.2) is 9.67 Å². The number of amides is 1. The Hall–Kier alpha value is -3.61. The van der Waals surface area contributed by atoms with Crippen LogP contribution in [0.5, 0.6) is 11.5 Å². The molecule has 2 aromatic carbocycles. The number of fused-ring (bicyclic) bond motifs is 1. The maximum Gasteiger partial charge on any atom is 0.244 e. The van der Waals surface area contributed by atoms with E-state index >= 15 is 0 Å². The van der Waals surface area contributed by atoms with Crippen molar-refractivity contribution in [1.29, 1.82) is 0 Å². The van der Waals surface area contributed by atoms with E-state index in [0.717, 1.165) is 22.6 Å². The third-order valence-corrected chi connectivity index (χ3v) is 4.26. The average Bonchev–Trinajstić information content (AvgIpc) is 3.38. The largest absolute Gasteiger partial charge is 0.454 e. The zero-order chi connectivity index (χ0) is 18.6. The van der Waals surface area contributed by atoms with Gasteiger partial charge in [0.05, 0.1) is 11.7 Å². The molecule has 0 saturated heterocycles. The van der Waals surface area contributed by atoms with E-state index in [0.29, 0.717) is 5.75 Å². The number of carbonyl (C=O) groups is 1. The Morgan fingerprint density at radius 1 is 1.19 bits per heavy atom. The Kier molecular flexibility index (Phi) is 4.57. The van der Waals surface area contributed by atoms with Gasteiger partial charge >= 0.3 is 0 Å². The monoisotopic (exact) mass is 362 g/mol. The molecule has 7 heteroatoms. The maximum absolute atomic E-state index is 12.2. The molecule has 0 aliphatic carbocycles. The number of nitrogens with one attached hydrogen (secondary N) is 1. The maximum atomic E-state index is 12.2. The van der Waals surface area contributed by atoms with Crippen molar-refractivity contribution in [1.82, 2.24) is 20.1 Å². The molecule has 1 unspecified atom stereocenters. The van der Waals surface area contributed by atoms with Crippen LogP contribution >= 0.6 is 0 Å². The first-order chi connectivity index (χ1) is 13.2. The first kappa shape index (κ1) is 16.8. The van der Waals surface area contributed by atoms with Crippen LogP contribution in [0.4, 0.5) is 0 Å². The molecule has 0 spiro atoms. The lowest BCUT2D eigenvalue weighted by Crippen LogP contribution is -2.24. The first-order valence-electron chi connectivity index (χ1n) is 8.52. The second-order valence-corrected chi connectivity index (χ2v) is 6.11. The number of ether oxygens (including phenoxy) is 2. The summed E-state index contributed by atoms with van der Waals surface area (Å²) in [6, 6.07) is 13.2. The fourth-order valence-corrected chi connectivity index (χ4v) is 2.79. The highest BCUT2D eigenvalue weighted by molar-refractivity contribution is 5.92. The highest BCUT2D eigenvalue weighted by atomic mass is 16.7. The van der Waals surface area contributed by atoms with Gasteiger partial charge in [-0.15, -0.1) is 0 Å². The zero-order valence-electron chi connectivity index (χ0n) is 14.7. The van der Waals surface area contributed by atoms with E-state index in [9.17, 15) is 4.79 Å². The molecule has 136 valence electrons. The molecule has 2 heterocycles. The second-order valence-electron chi connectivity index (χ2n) is 6.11. The molecule has 1 aliphatic heterocycles. The van der Waals surface area contributed by atoms with E-state index in [1.165, 1.54) is 12.4 Å². The number of nitrogens with zero attached hydrogens (tertiary/aromatic N) is 3. The number of benzene rings is 2. The minimum atomic E-state index is -0.166. The summed E-state index contributed by atoms with van der Waals surface area (Å²) in [6.07, 6.45) is 6.39. The van der Waals surface area contributed by atoms with Gasteiger partial charge < -0.3 is 14.8 Å². The van der Waals surface area contributed by atoms with Crippen LogP contribution in [-0.2, 0) is 4.79 Å². The highest BCUT2D eigenvalue weighted by Gasteiger charge is 2.12. The zero-order valence-corrected chi connectivity index (χ0v) is 14.7. The van der Waals surface area contributed by atoms with Crippen LogP contribution < -0.4 is 14.8 Å². The molecule has 0 radical (unpaired) electrons. The standard InChI is InChI=1S/C20H18N4O3/c1-14(16-4-6-17(7-5-16)24-12-21-11-22-24)23-20(25)9-3-15-2-8-18-19(10-15)27-13-26-18/h2-12,14H,13H2,1H3,(H,23,25)/b9-3+. The Morgan fingerprint density at radius 3 is 2.78 bits per heavy atom. The van der Waals surface area contributed by atoms with Gasteiger partial charge in [-0.05, 0) is 48.4 Å². The lowest BCUT2D eigenvalue weighted by Gasteiger charge is -2.13. The summed E-state index contributed by atoms with van der Waals surface area (Å²) in [5.74, 6) is 1.25. The lowest BCUT2D eigenvalue weighted by molar-refractivity contribution is -0.117. The third kappa shape index (κ3) is 3.82. The Bertz CT molecular complexity index is 965. The highest BCUT2D eigenvalue weighted by Crippen LogP contribution is 2.32. The summed E-state index contributed by atoms with van der Waals surface area (Å²) in [5, 5.41) is 7.05. The predicted octanol–water partition coefficient (Wildman–Crippen LogP) is 2.89. The smallest absolute Gasteiger partial charge is 0.244 e. The molecule has 1 aliphatic rings. The normalized spacial score (nSPS) is 13.7. The van der Waals surface area contributed by atoms with Gasteiger partial charge in [0.2, 0.25) is 12.7 Å². The van der Waals surface area contributed by atoms with Gasteiger partial charge in [0, 0.05) is 6.08 Å². The van der Waals surface area contributed by atoms with E-state index in [1.807, 2.05) is 49.4 Å². The fourth-order valence-electron chi connectivity index (χ4n) is 2.79. The minimum Gasteiger partial charge on any atom is -0.454 e. The van der Waals surface area contributed by atoms with Crippen molar-refractivity contribution >= 4 is 12.0 Å². The van der Waals surface area contributed by atoms with Crippen molar-refractivity contribution in [3.8, 4) is 17.2 Å². The summed E-state index contributed by atoms with van der Waals surface area (Å²) in [6.45, 7) is 2.17. The molecule has 0 bridgehead atoms. The molecular weight excluding hydrogens is 344 g/mol. The van der Waals surface area contributed by atoms with Gasteiger partial charge in [0.15, 0.2) is 11.5 Å². The van der Waals surface area contributed by atoms with Gasteiger partial charge in [-0.1, -0.05) is 18.2 Å². The second kappa shape index (κ2) is 7.33. The number of rotatable bonds is 5. The molecule has 1 N–H and O–H groups in total. The molecular formula is C20H18N4O3. The Labute approximate surface area is 156 Å². The summed E-state index contributed by atoms with van der Waals surface area (Å²) in [5.41, 5.74) is 2.79. The quantitative estimate of drug-likeness (QED) is 0.706. The lowest BCUT2D eigenvalue weighted by atomic mass is 10.1. The first-order valence-corrected chi connectivity index (χ1v) is 8.52. The minimum absolute atomic E-state index is 0.122. The fraction of sp³-hybridized carbons (Fsp3) is 0.150. The summed E-state index contributed by atoms with van der Waals surface area (Å²) >= 11 is 0. The average molecular weight is 362 g/mol. The topological polar surface area (TPSA) is 78.3 Å². The van der Waals surface area contributed by atoms with Gasteiger partial charge in [0.1, 0.15) is 12.7 Å². The predicted molar refractivity (Wildman–Crippen MR) is 99.5 cm³/mol. The molecule has 1 aromatic heterocycles. The van der Waals surface area contributed by atoms with Crippen LogP contribution in [-0.4, -0.2) is 27.5 Å². The van der Waals surface area contributed by atoms with Crippen molar-refractivity contribution in [2.45, 2.75) is 13.0 Å². The summed E-state index contributed by atoms with van der Waals surface area (Å²) in [4.78, 5) is 16.1. The molecule has 3 aromatic rings. The van der Waals surface area contributed by atoms with Crippen molar-refractivity contribution < 1.29 is 14.3 Å². The van der Waals surface area contributed by atoms with Crippen molar-refractivity contribution in [2.75, 3.05) is 6.79 Å². The van der Waals surface area contributed by atoms with Crippen LogP contribution in [0.1, 0.15) is 24.1 Å². The number of aromatic nitrogens is 3. The van der Waals surface area contributed by atoms with Crippen molar-refractivity contribution in [3.05, 3.63) is 72.3 Å². The molecule has 0 saturated carbocycles. The SMILES string of the molecule is CC(NC(=O)/C=C/c1ccc2c(c1)OCO2)c1ccc(-n2cncn2)cc1. The third-order valence-electron chi connectivity index (χ3n) is 4.26. The summed E-state index contributed by atoms with van der Waals surface area (Å²) < 4.78 is 12.3. The molecule has 1 amide bonds. The number of hydrogen-bond acceptors (Lipinski definition) is 5. The molecule has 4 rings (SSSR count). The van der Waals surface area contributed by atoms with Crippen LogP contribution in [0.15, 0.2) is 61.2 Å². The number of hydrogen-bond donors (Lipinski definition) is 1. The number of carbonyl (C=O) groups excluding carboxylic acids is 1. The van der Waals surface area contributed by atoms with Crippen LogP contribution in [0.25, 0.3) is 11.8 Å². The van der Waals surface area contributed by atoms with E-state index in [2.05, 4.69) is 15.4 Å². The van der Waals surface area contributed by atoms with Crippen LogP contribution in [0.2, 0.25) is 0 Å². The van der Waals surface area contributed by atoms with Gasteiger partial charge in [-0.3, -0.25) is 4.79 Å². The van der Waals surface area contributed by atoms with E-state index < -0.39 is 0 Å². The Balaban J connectivity index is 1.37. The van der Waals surface area contributed by atoms with Crippen LogP contribution in [0.3, 0.4) is 0 Å². The molecule has 7 nitrogen and oxygen atoms in total. The van der Waals surface area contributed by atoms with Gasteiger partial charge in [-0.2, -0.15) is 5.10 Å². The molecule has 1 atom stereocenters. The molecule has 0 fully saturated rings. The Morgan fingerprint density at radius 2 is 2.00 bits per heavy atom. The van der Waals surface area contributed by atoms with Crippen LogP contribution in [0, 0.1) is 0 Å². The molecule has 27 heavy (non-hydrogen) atoms.